The van der Waals surface area contributed by atoms with Gasteiger partial charge in [0.2, 0.25) is 0 Å². The van der Waals surface area contributed by atoms with Crippen LogP contribution in [-0.4, -0.2) is 68.6 Å². The number of esters is 1. The fourth-order valence-corrected chi connectivity index (χ4v) is 5.34. The summed E-state index contributed by atoms with van der Waals surface area (Å²) in [5, 5.41) is 0. The summed E-state index contributed by atoms with van der Waals surface area (Å²) in [6, 6.07) is 18.5. The summed E-state index contributed by atoms with van der Waals surface area (Å²) in [5.74, 6) is -0.323. The first-order valence-electron chi connectivity index (χ1n) is 11.5. The van der Waals surface area contributed by atoms with Crippen LogP contribution in [0.4, 0.5) is 0 Å². The van der Waals surface area contributed by atoms with E-state index in [2.05, 4.69) is 9.64 Å². The van der Waals surface area contributed by atoms with E-state index in [1.54, 1.807) is 66.9 Å². The summed E-state index contributed by atoms with van der Waals surface area (Å²) in [6.07, 6.45) is 1.06. The summed E-state index contributed by atoms with van der Waals surface area (Å²) in [6.45, 7) is 2.50. The molecule has 0 aliphatic carbocycles. The van der Waals surface area contributed by atoms with E-state index in [0.717, 1.165) is 0 Å². The second-order valence-corrected chi connectivity index (χ2v) is 10.2. The van der Waals surface area contributed by atoms with Gasteiger partial charge in [0, 0.05) is 37.1 Å². The van der Waals surface area contributed by atoms with Gasteiger partial charge in [-0.3, -0.25) is 14.5 Å². The van der Waals surface area contributed by atoms with Gasteiger partial charge in [0.1, 0.15) is 24.9 Å². The van der Waals surface area contributed by atoms with Crippen LogP contribution >= 0.6 is 0 Å². The minimum atomic E-state index is -3.67. The number of nitrogens with zero attached hydrogens (tertiary/aromatic N) is 2. The highest BCUT2D eigenvalue weighted by Gasteiger charge is 2.25. The Morgan fingerprint density at radius 3 is 2.50 bits per heavy atom. The SMILES string of the molecule is COC(=O)CC(=O)c1ccc(OCC2CN(Cc3cccn3S(=O)(=O)c3ccccc3)CCO2)cc1. The van der Waals surface area contributed by atoms with Crippen molar-refractivity contribution in [1.29, 1.82) is 0 Å². The predicted octanol–water partition coefficient (Wildman–Crippen LogP) is 2.75. The number of methoxy groups -OCH3 is 1. The van der Waals surface area contributed by atoms with Crippen molar-refractivity contribution in [3.8, 4) is 5.75 Å². The topological polar surface area (TPSA) is 104 Å². The maximum Gasteiger partial charge on any atom is 0.313 e. The number of rotatable bonds is 10. The van der Waals surface area contributed by atoms with Crippen LogP contribution in [0.3, 0.4) is 0 Å². The quantitative estimate of drug-likeness (QED) is 0.232. The van der Waals surface area contributed by atoms with Crippen LogP contribution in [0.2, 0.25) is 0 Å². The Morgan fingerprint density at radius 1 is 1.03 bits per heavy atom. The van der Waals surface area contributed by atoms with E-state index in [4.69, 9.17) is 9.47 Å². The number of carbonyl (C=O) groups excluding carboxylic acids is 2. The van der Waals surface area contributed by atoms with Gasteiger partial charge >= 0.3 is 5.97 Å². The number of Topliss-reactive ketones (excluding diaryl/α,β-unsaturated/α-hetero) is 1. The molecule has 1 fully saturated rings. The Labute approximate surface area is 210 Å². The first-order chi connectivity index (χ1) is 17.4. The summed E-state index contributed by atoms with van der Waals surface area (Å²) >= 11 is 0. The Hall–Kier alpha value is -3.47. The molecule has 2 heterocycles. The number of hydrogen-bond donors (Lipinski definition) is 0. The molecule has 36 heavy (non-hydrogen) atoms. The molecule has 4 rings (SSSR count). The lowest BCUT2D eigenvalue weighted by Gasteiger charge is -2.32. The predicted molar refractivity (Wildman–Crippen MR) is 131 cm³/mol. The molecule has 9 nitrogen and oxygen atoms in total. The van der Waals surface area contributed by atoms with Gasteiger partial charge in [0.15, 0.2) is 5.78 Å². The molecular weight excluding hydrogens is 484 g/mol. The lowest BCUT2D eigenvalue weighted by Crippen LogP contribution is -2.44. The van der Waals surface area contributed by atoms with Gasteiger partial charge in [-0.1, -0.05) is 18.2 Å². The number of hydrogen-bond acceptors (Lipinski definition) is 8. The lowest BCUT2D eigenvalue weighted by molar-refractivity contribution is -0.139. The minimum absolute atomic E-state index is 0.200. The molecule has 0 bridgehead atoms. The van der Waals surface area contributed by atoms with Crippen LogP contribution in [-0.2, 0) is 30.8 Å². The standard InChI is InChI=1S/C26H28N2O7S/c1-33-26(30)16-25(29)20-9-11-22(12-10-20)35-19-23-18-27(14-15-34-23)17-21-6-5-13-28(21)36(31,32)24-7-3-2-4-8-24/h2-13,23H,14-19H2,1H3. The van der Waals surface area contributed by atoms with Crippen LogP contribution in [0.25, 0.3) is 0 Å². The van der Waals surface area contributed by atoms with E-state index >= 15 is 0 Å². The fraction of sp³-hybridized carbons (Fsp3) is 0.308. The van der Waals surface area contributed by atoms with Crippen molar-refractivity contribution in [2.24, 2.45) is 0 Å². The van der Waals surface area contributed by atoms with Gasteiger partial charge in [-0.25, -0.2) is 12.4 Å². The molecule has 0 saturated carbocycles. The molecule has 10 heteroatoms. The van der Waals surface area contributed by atoms with Crippen LogP contribution in [0.15, 0.2) is 77.8 Å². The Balaban J connectivity index is 1.33. The third kappa shape index (κ3) is 6.20. The monoisotopic (exact) mass is 512 g/mol. The van der Waals surface area contributed by atoms with Crippen molar-refractivity contribution in [1.82, 2.24) is 8.87 Å². The van der Waals surface area contributed by atoms with Gasteiger partial charge in [0.05, 0.1) is 18.6 Å². The van der Waals surface area contributed by atoms with Gasteiger partial charge in [-0.15, -0.1) is 0 Å². The third-order valence-electron chi connectivity index (χ3n) is 5.85. The highest BCUT2D eigenvalue weighted by atomic mass is 32.2. The lowest BCUT2D eigenvalue weighted by atomic mass is 10.1. The average Bonchev–Trinajstić information content (AvgIpc) is 3.37. The van der Waals surface area contributed by atoms with E-state index in [-0.39, 0.29) is 23.2 Å². The maximum atomic E-state index is 13.1. The van der Waals surface area contributed by atoms with Crippen molar-refractivity contribution >= 4 is 21.8 Å². The molecule has 1 aromatic heterocycles. The van der Waals surface area contributed by atoms with Gasteiger partial charge in [-0.2, -0.15) is 0 Å². The second kappa shape index (κ2) is 11.5. The van der Waals surface area contributed by atoms with Crippen LogP contribution in [0.5, 0.6) is 5.75 Å². The first-order valence-corrected chi connectivity index (χ1v) is 12.9. The molecule has 190 valence electrons. The van der Waals surface area contributed by atoms with Gasteiger partial charge < -0.3 is 14.2 Å². The van der Waals surface area contributed by atoms with E-state index < -0.39 is 16.0 Å². The van der Waals surface area contributed by atoms with Gasteiger partial charge in [0.25, 0.3) is 10.0 Å². The van der Waals surface area contributed by atoms with Crippen LogP contribution in [0.1, 0.15) is 22.5 Å². The molecule has 2 aromatic carbocycles. The molecule has 0 N–H and O–H groups in total. The molecule has 1 saturated heterocycles. The zero-order chi connectivity index (χ0) is 25.5. The Kier molecular flexibility index (Phi) is 8.19. The van der Waals surface area contributed by atoms with Crippen molar-refractivity contribution in [2.75, 3.05) is 33.4 Å². The fourth-order valence-electron chi connectivity index (χ4n) is 3.95. The van der Waals surface area contributed by atoms with E-state index in [1.165, 1.54) is 11.1 Å². The van der Waals surface area contributed by atoms with Crippen LogP contribution < -0.4 is 4.74 Å². The number of ether oxygens (including phenoxy) is 3. The maximum absolute atomic E-state index is 13.1. The van der Waals surface area contributed by atoms with E-state index in [0.29, 0.717) is 49.9 Å². The Morgan fingerprint density at radius 2 is 1.78 bits per heavy atom. The third-order valence-corrected chi connectivity index (χ3v) is 7.59. The minimum Gasteiger partial charge on any atom is -0.491 e. The molecule has 3 aromatic rings. The normalized spacial score (nSPS) is 16.4. The van der Waals surface area contributed by atoms with Crippen molar-refractivity contribution < 1.29 is 32.2 Å². The molecule has 1 unspecified atom stereocenters. The van der Waals surface area contributed by atoms with E-state index in [9.17, 15) is 18.0 Å². The van der Waals surface area contributed by atoms with Crippen molar-refractivity contribution in [2.45, 2.75) is 24.0 Å². The Bertz CT molecular complexity index is 1290. The zero-order valence-corrected chi connectivity index (χ0v) is 20.7. The molecule has 1 aliphatic rings. The van der Waals surface area contributed by atoms with E-state index in [1.807, 2.05) is 6.07 Å². The molecule has 1 atom stereocenters. The van der Waals surface area contributed by atoms with Crippen LogP contribution in [0, 0.1) is 0 Å². The second-order valence-electron chi connectivity index (χ2n) is 8.35. The molecule has 1 aliphatic heterocycles. The van der Waals surface area contributed by atoms with Crippen molar-refractivity contribution in [3.63, 3.8) is 0 Å². The molecule has 0 amide bonds. The van der Waals surface area contributed by atoms with Gasteiger partial charge in [-0.05, 0) is 48.5 Å². The smallest absolute Gasteiger partial charge is 0.313 e. The molecule has 0 spiro atoms. The summed E-state index contributed by atoms with van der Waals surface area (Å²) in [5.41, 5.74) is 1.08. The summed E-state index contributed by atoms with van der Waals surface area (Å²) < 4.78 is 43.7. The number of benzene rings is 2. The average molecular weight is 513 g/mol. The number of aromatic nitrogens is 1. The summed E-state index contributed by atoms with van der Waals surface area (Å²) in [7, 11) is -2.43. The highest BCUT2D eigenvalue weighted by molar-refractivity contribution is 7.90. The number of ketones is 1. The molecular formula is C26H28N2O7S. The number of morpholine rings is 1. The zero-order valence-electron chi connectivity index (χ0n) is 19.9. The highest BCUT2D eigenvalue weighted by Crippen LogP contribution is 2.20. The number of carbonyl (C=O) groups is 2. The van der Waals surface area contributed by atoms with Crippen molar-refractivity contribution in [3.05, 3.63) is 84.2 Å². The largest absolute Gasteiger partial charge is 0.491 e. The summed E-state index contributed by atoms with van der Waals surface area (Å²) in [4.78, 5) is 25.7. The first kappa shape index (κ1) is 25.6. The molecule has 0 radical (unpaired) electrons.